The standard InChI is InChI=1S/C21H24Cl2N2O3S/c1-13(2)28-16-7-5-15(6-8-16)24-21(27)19(10-11-29-3)25-20(26)17-9-4-14(22)12-18(17)23/h4-9,12-13,19H,10-11H2,1-3H3,(H,24,27)(H,25,26). The molecule has 0 aromatic heterocycles. The Morgan fingerprint density at radius 1 is 1.10 bits per heavy atom. The van der Waals surface area contributed by atoms with Gasteiger partial charge in [-0.3, -0.25) is 9.59 Å². The van der Waals surface area contributed by atoms with Crippen LogP contribution in [0.5, 0.6) is 5.75 Å². The molecule has 0 spiro atoms. The number of anilines is 1. The van der Waals surface area contributed by atoms with E-state index in [2.05, 4.69) is 10.6 Å². The summed E-state index contributed by atoms with van der Waals surface area (Å²) in [5.41, 5.74) is 0.896. The van der Waals surface area contributed by atoms with Crippen molar-refractivity contribution < 1.29 is 14.3 Å². The summed E-state index contributed by atoms with van der Waals surface area (Å²) in [5.74, 6) is 0.722. The zero-order valence-electron chi connectivity index (χ0n) is 16.5. The number of amides is 2. The molecule has 0 aliphatic rings. The molecule has 0 bridgehead atoms. The third-order valence-corrected chi connectivity index (χ3v) is 5.09. The molecule has 2 amide bonds. The third-order valence-electron chi connectivity index (χ3n) is 3.90. The van der Waals surface area contributed by atoms with Crippen molar-refractivity contribution in [3.05, 3.63) is 58.1 Å². The molecule has 2 rings (SSSR count). The Morgan fingerprint density at radius 3 is 2.38 bits per heavy atom. The smallest absolute Gasteiger partial charge is 0.253 e. The number of ether oxygens (including phenoxy) is 1. The molecule has 29 heavy (non-hydrogen) atoms. The van der Waals surface area contributed by atoms with Gasteiger partial charge in [-0.1, -0.05) is 23.2 Å². The lowest BCUT2D eigenvalue weighted by Crippen LogP contribution is -2.44. The molecule has 0 aliphatic carbocycles. The van der Waals surface area contributed by atoms with Gasteiger partial charge in [-0.25, -0.2) is 0 Å². The first-order chi connectivity index (χ1) is 13.8. The normalized spacial score (nSPS) is 11.8. The molecule has 2 aromatic carbocycles. The summed E-state index contributed by atoms with van der Waals surface area (Å²) in [4.78, 5) is 25.4. The van der Waals surface area contributed by atoms with Crippen molar-refractivity contribution in [2.24, 2.45) is 0 Å². The molecule has 1 atom stereocenters. The number of rotatable bonds is 9. The van der Waals surface area contributed by atoms with E-state index in [4.69, 9.17) is 27.9 Å². The van der Waals surface area contributed by atoms with Crippen LogP contribution in [0.1, 0.15) is 30.6 Å². The zero-order valence-corrected chi connectivity index (χ0v) is 18.8. The molecule has 0 heterocycles. The van der Waals surface area contributed by atoms with Crippen molar-refractivity contribution >= 4 is 52.5 Å². The van der Waals surface area contributed by atoms with E-state index in [0.29, 0.717) is 22.9 Å². The molecule has 8 heteroatoms. The number of hydrogen-bond acceptors (Lipinski definition) is 4. The Kier molecular flexibility index (Phi) is 9.14. The number of thioether (sulfide) groups is 1. The topological polar surface area (TPSA) is 67.4 Å². The van der Waals surface area contributed by atoms with Crippen molar-refractivity contribution in [3.8, 4) is 5.75 Å². The average molecular weight is 455 g/mol. The first kappa shape index (κ1) is 23.4. The molecule has 0 saturated heterocycles. The Hall–Kier alpha value is -1.89. The van der Waals surface area contributed by atoms with Crippen LogP contribution in [-0.4, -0.2) is 36.0 Å². The lowest BCUT2D eigenvalue weighted by molar-refractivity contribution is -0.118. The summed E-state index contributed by atoms with van der Waals surface area (Å²) in [6, 6.07) is 11.0. The predicted octanol–water partition coefficient (Wildman–Crippen LogP) is 5.27. The number of carbonyl (C=O) groups is 2. The van der Waals surface area contributed by atoms with Gasteiger partial charge in [0.05, 0.1) is 16.7 Å². The fraction of sp³-hybridized carbons (Fsp3) is 0.333. The van der Waals surface area contributed by atoms with Crippen molar-refractivity contribution in [3.63, 3.8) is 0 Å². The van der Waals surface area contributed by atoms with Crippen LogP contribution in [0.15, 0.2) is 42.5 Å². The van der Waals surface area contributed by atoms with Crippen LogP contribution in [0, 0.1) is 0 Å². The molecule has 2 N–H and O–H groups in total. The van der Waals surface area contributed by atoms with Gasteiger partial charge >= 0.3 is 0 Å². The minimum atomic E-state index is -0.701. The summed E-state index contributed by atoms with van der Waals surface area (Å²) in [6.45, 7) is 3.89. The van der Waals surface area contributed by atoms with E-state index < -0.39 is 11.9 Å². The monoisotopic (exact) mass is 454 g/mol. The first-order valence-electron chi connectivity index (χ1n) is 9.12. The number of nitrogens with one attached hydrogen (secondary N) is 2. The average Bonchev–Trinajstić information content (AvgIpc) is 2.66. The summed E-state index contributed by atoms with van der Waals surface area (Å²) in [5, 5.41) is 6.28. The summed E-state index contributed by atoms with van der Waals surface area (Å²) in [7, 11) is 0. The van der Waals surface area contributed by atoms with Crippen LogP contribution < -0.4 is 15.4 Å². The van der Waals surface area contributed by atoms with E-state index in [-0.39, 0.29) is 22.6 Å². The van der Waals surface area contributed by atoms with Gasteiger partial charge in [0.15, 0.2) is 0 Å². The highest BCUT2D eigenvalue weighted by atomic mass is 35.5. The van der Waals surface area contributed by atoms with E-state index in [9.17, 15) is 9.59 Å². The van der Waals surface area contributed by atoms with Gasteiger partial charge in [0.2, 0.25) is 5.91 Å². The van der Waals surface area contributed by atoms with Gasteiger partial charge in [-0.2, -0.15) is 11.8 Å². The van der Waals surface area contributed by atoms with Crippen LogP contribution in [-0.2, 0) is 4.79 Å². The maximum atomic E-state index is 12.8. The third kappa shape index (κ3) is 7.46. The second-order valence-corrected chi connectivity index (χ2v) is 8.44. The van der Waals surface area contributed by atoms with Gasteiger partial charge < -0.3 is 15.4 Å². The van der Waals surface area contributed by atoms with E-state index in [1.165, 1.54) is 12.1 Å². The minimum Gasteiger partial charge on any atom is -0.491 e. The molecular formula is C21H24Cl2N2O3S. The van der Waals surface area contributed by atoms with Crippen molar-refractivity contribution in [2.45, 2.75) is 32.4 Å². The Bertz CT molecular complexity index is 844. The van der Waals surface area contributed by atoms with Gasteiger partial charge in [0.1, 0.15) is 11.8 Å². The molecule has 0 aliphatic heterocycles. The largest absolute Gasteiger partial charge is 0.491 e. The van der Waals surface area contributed by atoms with E-state index in [0.717, 1.165) is 5.75 Å². The van der Waals surface area contributed by atoms with E-state index in [1.807, 2.05) is 20.1 Å². The van der Waals surface area contributed by atoms with E-state index >= 15 is 0 Å². The maximum absolute atomic E-state index is 12.8. The second kappa shape index (κ2) is 11.3. The Labute approximate surface area is 185 Å². The summed E-state index contributed by atoms with van der Waals surface area (Å²) >= 11 is 13.6. The summed E-state index contributed by atoms with van der Waals surface area (Å²) in [6.07, 6.45) is 2.50. The van der Waals surface area contributed by atoms with Crippen LogP contribution >= 0.6 is 35.0 Å². The molecular weight excluding hydrogens is 431 g/mol. The Morgan fingerprint density at radius 2 is 1.79 bits per heavy atom. The first-order valence-corrected chi connectivity index (χ1v) is 11.3. The highest BCUT2D eigenvalue weighted by Crippen LogP contribution is 2.21. The van der Waals surface area contributed by atoms with Crippen LogP contribution in [0.2, 0.25) is 10.0 Å². The molecule has 156 valence electrons. The number of halogens is 2. The SMILES string of the molecule is CSCCC(NC(=O)c1ccc(Cl)cc1Cl)C(=O)Nc1ccc(OC(C)C)cc1. The van der Waals surface area contributed by atoms with Crippen LogP contribution in [0.25, 0.3) is 0 Å². The quantitative estimate of drug-likeness (QED) is 0.541. The van der Waals surface area contributed by atoms with Gasteiger partial charge in [-0.05, 0) is 74.7 Å². The fourth-order valence-corrected chi connectivity index (χ4v) is 3.50. The van der Waals surface area contributed by atoms with Crippen molar-refractivity contribution in [1.29, 1.82) is 0 Å². The van der Waals surface area contributed by atoms with Gasteiger partial charge in [-0.15, -0.1) is 0 Å². The molecule has 0 radical (unpaired) electrons. The van der Waals surface area contributed by atoms with Crippen LogP contribution in [0.3, 0.4) is 0 Å². The molecule has 1 unspecified atom stereocenters. The van der Waals surface area contributed by atoms with Gasteiger partial charge in [0, 0.05) is 10.7 Å². The Balaban J connectivity index is 2.07. The molecule has 0 saturated carbocycles. The molecule has 0 fully saturated rings. The maximum Gasteiger partial charge on any atom is 0.253 e. The van der Waals surface area contributed by atoms with E-state index in [1.54, 1.807) is 42.1 Å². The lowest BCUT2D eigenvalue weighted by atomic mass is 10.1. The number of carbonyl (C=O) groups excluding carboxylic acids is 2. The van der Waals surface area contributed by atoms with Crippen LogP contribution in [0.4, 0.5) is 5.69 Å². The minimum absolute atomic E-state index is 0.0706. The highest BCUT2D eigenvalue weighted by molar-refractivity contribution is 7.98. The van der Waals surface area contributed by atoms with Gasteiger partial charge in [0.25, 0.3) is 5.91 Å². The zero-order chi connectivity index (χ0) is 21.4. The molecule has 2 aromatic rings. The van der Waals surface area contributed by atoms with Crippen molar-refractivity contribution in [1.82, 2.24) is 5.32 Å². The highest BCUT2D eigenvalue weighted by Gasteiger charge is 2.22. The van der Waals surface area contributed by atoms with Crippen molar-refractivity contribution in [2.75, 3.05) is 17.3 Å². The fourth-order valence-electron chi connectivity index (χ4n) is 2.53. The number of hydrogen-bond donors (Lipinski definition) is 2. The summed E-state index contributed by atoms with van der Waals surface area (Å²) < 4.78 is 5.60. The second-order valence-electron chi connectivity index (χ2n) is 6.61. The predicted molar refractivity (Wildman–Crippen MR) is 122 cm³/mol. The number of benzene rings is 2. The lowest BCUT2D eigenvalue weighted by Gasteiger charge is -2.19. The molecule has 5 nitrogen and oxygen atoms in total.